The van der Waals surface area contributed by atoms with Gasteiger partial charge < -0.3 is 15.2 Å². The van der Waals surface area contributed by atoms with Crippen LogP contribution in [0.25, 0.3) is 0 Å². The maximum Gasteiger partial charge on any atom is 0.161 e. The van der Waals surface area contributed by atoms with Gasteiger partial charge in [-0.3, -0.25) is 0 Å². The summed E-state index contributed by atoms with van der Waals surface area (Å²) in [7, 11) is 3.18. The Balaban J connectivity index is 2.33. The Kier molecular flexibility index (Phi) is 3.24. The molecule has 0 aliphatic heterocycles. The van der Waals surface area contributed by atoms with Crippen molar-refractivity contribution < 1.29 is 9.47 Å². The molecule has 0 amide bonds. The molecule has 1 aromatic carbocycles. The molecule has 1 unspecified atom stereocenters. The maximum absolute atomic E-state index is 6.06. The van der Waals surface area contributed by atoms with E-state index in [9.17, 15) is 0 Å². The van der Waals surface area contributed by atoms with E-state index in [-0.39, 0.29) is 6.04 Å². The van der Waals surface area contributed by atoms with Crippen LogP contribution < -0.4 is 15.2 Å². The molecule has 0 saturated carbocycles. The number of hydrogen-bond acceptors (Lipinski definition) is 5. The number of rotatable bonds is 4. The van der Waals surface area contributed by atoms with Gasteiger partial charge in [0.05, 0.1) is 26.5 Å². The highest BCUT2D eigenvalue weighted by molar-refractivity contribution is 5.44. The van der Waals surface area contributed by atoms with Crippen molar-refractivity contribution in [1.29, 1.82) is 0 Å². The zero-order chi connectivity index (χ0) is 12.3. The van der Waals surface area contributed by atoms with Gasteiger partial charge in [0.2, 0.25) is 0 Å². The molecule has 0 aliphatic rings. The molecule has 17 heavy (non-hydrogen) atoms. The molecule has 0 aliphatic carbocycles. The van der Waals surface area contributed by atoms with E-state index in [4.69, 9.17) is 15.2 Å². The number of benzene rings is 1. The number of nitrogens with zero attached hydrogens (tertiary/aromatic N) is 2. The van der Waals surface area contributed by atoms with Crippen molar-refractivity contribution in [2.45, 2.75) is 6.04 Å². The first-order chi connectivity index (χ1) is 8.26. The van der Waals surface area contributed by atoms with Gasteiger partial charge in [0.1, 0.15) is 5.69 Å². The van der Waals surface area contributed by atoms with Gasteiger partial charge in [0.15, 0.2) is 11.5 Å². The summed E-state index contributed by atoms with van der Waals surface area (Å²) in [6.45, 7) is 0. The Morgan fingerprint density at radius 1 is 1.24 bits per heavy atom. The molecule has 0 spiro atoms. The molecule has 1 heterocycles. The van der Waals surface area contributed by atoms with Crippen LogP contribution in [0, 0.1) is 0 Å². The summed E-state index contributed by atoms with van der Waals surface area (Å²) >= 11 is 0. The van der Waals surface area contributed by atoms with Crippen molar-refractivity contribution in [3.05, 3.63) is 35.7 Å². The third-order valence-corrected chi connectivity index (χ3v) is 2.52. The standard InChI is InChI=1S/C11H14N4O2/c1-16-9-4-3-7(5-10(9)17-2)11(12)8-6-13-15-14-8/h3-6,11H,12H2,1-2H3,(H,13,14,15). The Morgan fingerprint density at radius 2 is 2.00 bits per heavy atom. The van der Waals surface area contributed by atoms with Crippen molar-refractivity contribution >= 4 is 0 Å². The molecule has 0 radical (unpaired) electrons. The molecule has 0 bridgehead atoms. The third-order valence-electron chi connectivity index (χ3n) is 2.52. The van der Waals surface area contributed by atoms with E-state index < -0.39 is 0 Å². The van der Waals surface area contributed by atoms with Gasteiger partial charge in [-0.1, -0.05) is 6.07 Å². The van der Waals surface area contributed by atoms with Crippen molar-refractivity contribution in [1.82, 2.24) is 15.4 Å². The van der Waals surface area contributed by atoms with E-state index in [1.54, 1.807) is 20.4 Å². The average molecular weight is 234 g/mol. The number of aromatic nitrogens is 3. The van der Waals surface area contributed by atoms with Crippen LogP contribution in [-0.4, -0.2) is 29.6 Å². The Hall–Kier alpha value is -2.08. The number of nitrogens with two attached hydrogens (primary N) is 1. The van der Waals surface area contributed by atoms with Crippen LogP contribution in [0.1, 0.15) is 17.3 Å². The predicted molar refractivity (Wildman–Crippen MR) is 62.0 cm³/mol. The number of ether oxygens (including phenoxy) is 2. The minimum Gasteiger partial charge on any atom is -0.493 e. The van der Waals surface area contributed by atoms with Crippen molar-refractivity contribution in [2.24, 2.45) is 5.73 Å². The molecule has 2 rings (SSSR count). The average Bonchev–Trinajstić information content (AvgIpc) is 2.90. The van der Waals surface area contributed by atoms with E-state index in [1.165, 1.54) is 0 Å². The fourth-order valence-electron chi connectivity index (χ4n) is 1.58. The first-order valence-electron chi connectivity index (χ1n) is 5.09. The Bertz CT molecular complexity index is 484. The first-order valence-corrected chi connectivity index (χ1v) is 5.09. The van der Waals surface area contributed by atoms with Crippen LogP contribution in [0.2, 0.25) is 0 Å². The Morgan fingerprint density at radius 3 is 2.59 bits per heavy atom. The molecular formula is C11H14N4O2. The molecule has 0 fully saturated rings. The van der Waals surface area contributed by atoms with Crippen LogP contribution in [0.3, 0.4) is 0 Å². The largest absolute Gasteiger partial charge is 0.493 e. The second kappa shape index (κ2) is 4.84. The molecule has 90 valence electrons. The van der Waals surface area contributed by atoms with Crippen molar-refractivity contribution in [3.63, 3.8) is 0 Å². The molecule has 6 heteroatoms. The maximum atomic E-state index is 6.06. The molecule has 2 aromatic rings. The van der Waals surface area contributed by atoms with Crippen LogP contribution >= 0.6 is 0 Å². The normalized spacial score (nSPS) is 12.2. The zero-order valence-corrected chi connectivity index (χ0v) is 9.68. The molecule has 1 atom stereocenters. The summed E-state index contributed by atoms with van der Waals surface area (Å²) in [6.07, 6.45) is 1.60. The molecule has 3 N–H and O–H groups in total. The van der Waals surface area contributed by atoms with E-state index in [0.29, 0.717) is 17.2 Å². The summed E-state index contributed by atoms with van der Waals surface area (Å²) in [4.78, 5) is 0. The van der Waals surface area contributed by atoms with Crippen LogP contribution in [-0.2, 0) is 0 Å². The lowest BCUT2D eigenvalue weighted by atomic mass is 10.0. The summed E-state index contributed by atoms with van der Waals surface area (Å²) < 4.78 is 10.4. The second-order valence-electron chi connectivity index (χ2n) is 3.49. The molecule has 6 nitrogen and oxygen atoms in total. The minimum absolute atomic E-state index is 0.339. The van der Waals surface area contributed by atoms with E-state index in [0.717, 1.165) is 5.56 Å². The molecule has 0 saturated heterocycles. The van der Waals surface area contributed by atoms with Crippen LogP contribution in [0.4, 0.5) is 0 Å². The lowest BCUT2D eigenvalue weighted by Crippen LogP contribution is -2.12. The quantitative estimate of drug-likeness (QED) is 0.819. The highest BCUT2D eigenvalue weighted by Crippen LogP contribution is 2.30. The lowest BCUT2D eigenvalue weighted by molar-refractivity contribution is 0.354. The smallest absolute Gasteiger partial charge is 0.161 e. The van der Waals surface area contributed by atoms with Gasteiger partial charge in [0.25, 0.3) is 0 Å². The van der Waals surface area contributed by atoms with Gasteiger partial charge >= 0.3 is 0 Å². The fraction of sp³-hybridized carbons (Fsp3) is 0.273. The summed E-state index contributed by atoms with van der Waals surface area (Å²) in [5.74, 6) is 1.31. The topological polar surface area (TPSA) is 86.0 Å². The first kappa shape index (κ1) is 11.4. The number of H-pyrrole nitrogens is 1. The fourth-order valence-corrected chi connectivity index (χ4v) is 1.58. The number of nitrogens with one attached hydrogen (secondary N) is 1. The number of aromatic amines is 1. The van der Waals surface area contributed by atoms with Gasteiger partial charge in [-0.25, -0.2) is 0 Å². The Labute approximate surface area is 98.7 Å². The summed E-state index contributed by atoms with van der Waals surface area (Å²) in [5, 5.41) is 10.2. The summed E-state index contributed by atoms with van der Waals surface area (Å²) in [6, 6.07) is 5.18. The van der Waals surface area contributed by atoms with E-state index in [1.807, 2.05) is 18.2 Å². The van der Waals surface area contributed by atoms with E-state index in [2.05, 4.69) is 15.4 Å². The lowest BCUT2D eigenvalue weighted by Gasteiger charge is -2.12. The second-order valence-corrected chi connectivity index (χ2v) is 3.49. The SMILES string of the molecule is COc1ccc(C(N)c2cn[nH]n2)cc1OC. The van der Waals surface area contributed by atoms with Crippen molar-refractivity contribution in [3.8, 4) is 11.5 Å². The van der Waals surface area contributed by atoms with Crippen LogP contribution in [0.15, 0.2) is 24.4 Å². The highest BCUT2D eigenvalue weighted by atomic mass is 16.5. The van der Waals surface area contributed by atoms with Gasteiger partial charge in [-0.15, -0.1) is 0 Å². The van der Waals surface area contributed by atoms with Gasteiger partial charge in [-0.05, 0) is 17.7 Å². The van der Waals surface area contributed by atoms with Crippen LogP contribution in [0.5, 0.6) is 11.5 Å². The van der Waals surface area contributed by atoms with Gasteiger partial charge in [-0.2, -0.15) is 15.4 Å². The van der Waals surface area contributed by atoms with Gasteiger partial charge in [0, 0.05) is 0 Å². The number of hydrogen-bond donors (Lipinski definition) is 2. The summed E-state index contributed by atoms with van der Waals surface area (Å²) in [5.41, 5.74) is 7.62. The number of methoxy groups -OCH3 is 2. The molecule has 1 aromatic heterocycles. The van der Waals surface area contributed by atoms with E-state index >= 15 is 0 Å². The monoisotopic (exact) mass is 234 g/mol. The minimum atomic E-state index is -0.339. The predicted octanol–water partition coefficient (Wildman–Crippen LogP) is 0.870. The molecular weight excluding hydrogens is 220 g/mol. The zero-order valence-electron chi connectivity index (χ0n) is 9.68. The highest BCUT2D eigenvalue weighted by Gasteiger charge is 2.14. The van der Waals surface area contributed by atoms with Crippen molar-refractivity contribution in [2.75, 3.05) is 14.2 Å². The third kappa shape index (κ3) is 2.21.